The van der Waals surface area contributed by atoms with Crippen LogP contribution < -0.4 is 0 Å². The van der Waals surface area contributed by atoms with E-state index in [1.807, 2.05) is 23.5 Å². The maximum Gasteiger partial charge on any atom is 0.0915 e. The molecule has 2 nitrogen and oxygen atoms in total. The Morgan fingerprint density at radius 3 is 2.44 bits per heavy atom. The predicted octanol–water partition coefficient (Wildman–Crippen LogP) is 3.24. The number of benzene rings is 1. The minimum atomic E-state index is 0.219. The van der Waals surface area contributed by atoms with E-state index in [2.05, 4.69) is 30.3 Å². The largest absolute Gasteiger partial charge is 0.380 e. The predicted molar refractivity (Wildman–Crippen MR) is 80.6 cm³/mol. The van der Waals surface area contributed by atoms with Crippen LogP contribution in [0.4, 0.5) is 0 Å². The molecule has 0 radical (unpaired) electrons. The molecule has 100 valence electrons. The van der Waals surface area contributed by atoms with E-state index in [1.165, 1.54) is 5.56 Å². The Kier molecular flexibility index (Phi) is 7.01. The molecule has 0 N–H and O–H groups in total. The molecule has 18 heavy (non-hydrogen) atoms. The van der Waals surface area contributed by atoms with Gasteiger partial charge < -0.3 is 9.47 Å². The van der Waals surface area contributed by atoms with Crippen LogP contribution in [-0.4, -0.2) is 42.8 Å². The van der Waals surface area contributed by atoms with Gasteiger partial charge >= 0.3 is 0 Å². The van der Waals surface area contributed by atoms with Crippen LogP contribution in [0.3, 0.4) is 0 Å². The molecule has 0 aromatic heterocycles. The lowest BCUT2D eigenvalue weighted by molar-refractivity contribution is 0.0815. The van der Waals surface area contributed by atoms with Gasteiger partial charge in [0.1, 0.15) is 0 Å². The molecule has 4 heteroatoms. The molecule has 1 heterocycles. The number of hydrogen-bond acceptors (Lipinski definition) is 4. The third-order valence-electron chi connectivity index (χ3n) is 2.73. The number of hydrogen-bond donors (Lipinski definition) is 0. The fraction of sp³-hybridized carbons (Fsp3) is 0.571. The van der Waals surface area contributed by atoms with Crippen molar-refractivity contribution in [2.75, 3.05) is 42.8 Å². The van der Waals surface area contributed by atoms with Crippen LogP contribution in [0.1, 0.15) is 11.7 Å². The van der Waals surface area contributed by atoms with Crippen LogP contribution in [0.5, 0.6) is 0 Å². The highest BCUT2D eigenvalue weighted by Gasteiger charge is 2.12. The third kappa shape index (κ3) is 5.22. The van der Waals surface area contributed by atoms with Crippen LogP contribution >= 0.6 is 23.5 Å². The monoisotopic (exact) mass is 284 g/mol. The van der Waals surface area contributed by atoms with E-state index in [9.17, 15) is 0 Å². The number of thioether (sulfide) groups is 2. The van der Waals surface area contributed by atoms with Gasteiger partial charge in [0.15, 0.2) is 0 Å². The van der Waals surface area contributed by atoms with Crippen molar-refractivity contribution in [3.63, 3.8) is 0 Å². The van der Waals surface area contributed by atoms with E-state index in [-0.39, 0.29) is 6.10 Å². The maximum absolute atomic E-state index is 6.02. The molecule has 1 aliphatic rings. The van der Waals surface area contributed by atoms with Crippen molar-refractivity contribution in [2.45, 2.75) is 6.10 Å². The molecular formula is C14H20O2S2. The van der Waals surface area contributed by atoms with E-state index in [0.717, 1.165) is 42.8 Å². The van der Waals surface area contributed by atoms with Crippen molar-refractivity contribution >= 4 is 23.5 Å². The Hall–Kier alpha value is -0.160. The molecule has 0 spiro atoms. The zero-order chi connectivity index (χ0) is 12.5. The van der Waals surface area contributed by atoms with Gasteiger partial charge in [-0.2, -0.15) is 23.5 Å². The Morgan fingerprint density at radius 1 is 0.889 bits per heavy atom. The van der Waals surface area contributed by atoms with Crippen molar-refractivity contribution in [3.05, 3.63) is 35.9 Å². The summed E-state index contributed by atoms with van der Waals surface area (Å²) in [5.74, 6) is 4.19. The van der Waals surface area contributed by atoms with Crippen LogP contribution in [0, 0.1) is 0 Å². The van der Waals surface area contributed by atoms with E-state index in [4.69, 9.17) is 9.47 Å². The summed E-state index contributed by atoms with van der Waals surface area (Å²) in [5, 5.41) is 0. The zero-order valence-electron chi connectivity index (χ0n) is 10.5. The second-order valence-electron chi connectivity index (χ2n) is 4.07. The zero-order valence-corrected chi connectivity index (χ0v) is 12.2. The van der Waals surface area contributed by atoms with Gasteiger partial charge in [-0.3, -0.25) is 0 Å². The quantitative estimate of drug-likeness (QED) is 0.788. The highest BCUT2D eigenvalue weighted by molar-refractivity contribution is 7.99. The average Bonchev–Trinajstić information content (AvgIpc) is 2.40. The van der Waals surface area contributed by atoms with Crippen LogP contribution in [0.25, 0.3) is 0 Å². The van der Waals surface area contributed by atoms with Crippen molar-refractivity contribution in [2.24, 2.45) is 0 Å². The Morgan fingerprint density at radius 2 is 1.61 bits per heavy atom. The summed E-state index contributed by atoms with van der Waals surface area (Å²) in [6.07, 6.45) is 0.219. The lowest BCUT2D eigenvalue weighted by atomic mass is 10.1. The normalized spacial score (nSPS) is 23.9. The Labute approximate surface area is 118 Å². The molecule has 1 aromatic carbocycles. The lowest BCUT2D eigenvalue weighted by Gasteiger charge is -2.19. The molecule has 0 saturated carbocycles. The van der Waals surface area contributed by atoms with Gasteiger partial charge in [0.25, 0.3) is 0 Å². The highest BCUT2D eigenvalue weighted by atomic mass is 32.2. The molecule has 1 atom stereocenters. The van der Waals surface area contributed by atoms with Crippen LogP contribution in [-0.2, 0) is 9.47 Å². The molecule has 1 unspecified atom stereocenters. The minimum absolute atomic E-state index is 0.219. The molecule has 0 bridgehead atoms. The van der Waals surface area contributed by atoms with Crippen molar-refractivity contribution in [1.82, 2.24) is 0 Å². The average molecular weight is 284 g/mol. The summed E-state index contributed by atoms with van der Waals surface area (Å²) >= 11 is 3.82. The molecule has 2 rings (SSSR count). The van der Waals surface area contributed by atoms with Gasteiger partial charge in [0, 0.05) is 23.0 Å². The summed E-state index contributed by atoms with van der Waals surface area (Å²) in [5.41, 5.74) is 1.29. The van der Waals surface area contributed by atoms with Gasteiger partial charge in [-0.1, -0.05) is 30.3 Å². The summed E-state index contributed by atoms with van der Waals surface area (Å²) < 4.78 is 11.6. The van der Waals surface area contributed by atoms with Gasteiger partial charge in [0.2, 0.25) is 0 Å². The summed E-state index contributed by atoms with van der Waals surface area (Å²) in [4.78, 5) is 0. The van der Waals surface area contributed by atoms with E-state index in [1.54, 1.807) is 0 Å². The van der Waals surface area contributed by atoms with Crippen molar-refractivity contribution in [1.29, 1.82) is 0 Å². The molecule has 1 saturated heterocycles. The van der Waals surface area contributed by atoms with Crippen molar-refractivity contribution < 1.29 is 9.47 Å². The molecule has 0 amide bonds. The smallest absolute Gasteiger partial charge is 0.0915 e. The summed E-state index contributed by atoms with van der Waals surface area (Å²) in [7, 11) is 0. The first-order valence-corrected chi connectivity index (χ1v) is 8.67. The van der Waals surface area contributed by atoms with E-state index < -0.39 is 0 Å². The lowest BCUT2D eigenvalue weighted by Crippen LogP contribution is -2.12. The number of rotatable bonds is 1. The van der Waals surface area contributed by atoms with Crippen LogP contribution in [0.15, 0.2) is 30.3 Å². The van der Waals surface area contributed by atoms with Crippen molar-refractivity contribution in [3.8, 4) is 0 Å². The van der Waals surface area contributed by atoms with Gasteiger partial charge in [-0.15, -0.1) is 0 Å². The highest BCUT2D eigenvalue weighted by Crippen LogP contribution is 2.22. The van der Waals surface area contributed by atoms with E-state index >= 15 is 0 Å². The first kappa shape index (κ1) is 14.3. The standard InChI is InChI=1S/C14H20O2S2/c1-2-4-13(5-3-1)14-12-18-10-7-15-6-9-17-11-8-16-14/h1-5,14H,6-12H2. The molecular weight excluding hydrogens is 264 g/mol. The molecule has 1 aliphatic heterocycles. The Bertz CT molecular complexity index is 307. The third-order valence-corrected chi connectivity index (χ3v) is 4.64. The summed E-state index contributed by atoms with van der Waals surface area (Å²) in [6, 6.07) is 10.5. The van der Waals surface area contributed by atoms with Gasteiger partial charge in [-0.05, 0) is 5.56 Å². The second kappa shape index (κ2) is 8.86. The van der Waals surface area contributed by atoms with E-state index in [0.29, 0.717) is 0 Å². The first-order valence-electron chi connectivity index (χ1n) is 6.36. The maximum atomic E-state index is 6.02. The minimum Gasteiger partial charge on any atom is -0.380 e. The SMILES string of the molecule is c1ccc(C2CSCCOCCSCCO2)cc1. The molecule has 0 aliphatic carbocycles. The molecule has 1 aromatic rings. The topological polar surface area (TPSA) is 18.5 Å². The fourth-order valence-corrected chi connectivity index (χ4v) is 3.35. The number of ether oxygens (including phenoxy) is 2. The first-order chi connectivity index (χ1) is 8.97. The summed E-state index contributed by atoms with van der Waals surface area (Å²) in [6.45, 7) is 2.55. The molecule has 1 fully saturated rings. The van der Waals surface area contributed by atoms with Gasteiger partial charge in [0.05, 0.1) is 25.9 Å². The Balaban J connectivity index is 1.89. The fourth-order valence-electron chi connectivity index (χ4n) is 1.79. The van der Waals surface area contributed by atoms with Crippen LogP contribution in [0.2, 0.25) is 0 Å². The van der Waals surface area contributed by atoms with Gasteiger partial charge in [-0.25, -0.2) is 0 Å². The second-order valence-corrected chi connectivity index (χ2v) is 6.44.